The predicted molar refractivity (Wildman–Crippen MR) is 81.0 cm³/mol. The summed E-state index contributed by atoms with van der Waals surface area (Å²) in [4.78, 5) is 24.5. The van der Waals surface area contributed by atoms with Gasteiger partial charge in [-0.15, -0.1) is 11.3 Å². The number of nitrogens with one attached hydrogen (secondary N) is 1. The smallest absolute Gasteiger partial charge is 0.284 e. The number of nitro groups is 1. The Morgan fingerprint density at radius 1 is 1.40 bits per heavy atom. The van der Waals surface area contributed by atoms with E-state index in [0.717, 1.165) is 4.88 Å². The molecule has 0 aliphatic carbocycles. The zero-order valence-electron chi connectivity index (χ0n) is 10.6. The van der Waals surface area contributed by atoms with E-state index in [9.17, 15) is 14.9 Å². The number of carbonyl (C=O) groups is 1. The van der Waals surface area contributed by atoms with E-state index in [0.29, 0.717) is 11.0 Å². The van der Waals surface area contributed by atoms with E-state index in [1.165, 1.54) is 17.0 Å². The van der Waals surface area contributed by atoms with Crippen LogP contribution < -0.4 is 5.32 Å². The number of hydrogen-bond acceptors (Lipinski definition) is 4. The van der Waals surface area contributed by atoms with Crippen molar-refractivity contribution in [3.63, 3.8) is 0 Å². The second-order valence-electron chi connectivity index (χ2n) is 4.12. The normalized spacial score (nSPS) is 10.3. The van der Waals surface area contributed by atoms with Crippen LogP contribution in [0.25, 0.3) is 0 Å². The maximum Gasteiger partial charge on any atom is 0.284 e. The van der Waals surface area contributed by atoms with E-state index in [-0.39, 0.29) is 17.2 Å². The lowest BCUT2D eigenvalue weighted by atomic mass is 10.2. The standard InChI is InChI=1S/C13H11BrN2O3S/c1-8-2-4-10(20-8)7-15-13(17)9-3-5-11(14)12(6-9)16(18)19/h2-6H,7H2,1H3,(H,15,17). The number of nitrogens with zero attached hydrogens (tertiary/aromatic N) is 1. The van der Waals surface area contributed by atoms with Crippen molar-refractivity contribution in [2.75, 3.05) is 0 Å². The summed E-state index contributed by atoms with van der Waals surface area (Å²) >= 11 is 4.69. The summed E-state index contributed by atoms with van der Waals surface area (Å²) in [6, 6.07) is 8.24. The Labute approximate surface area is 127 Å². The number of aryl methyl sites for hydroxylation is 1. The minimum Gasteiger partial charge on any atom is -0.347 e. The first-order valence-electron chi connectivity index (χ1n) is 5.75. The zero-order chi connectivity index (χ0) is 14.7. The number of rotatable bonds is 4. The van der Waals surface area contributed by atoms with Crippen molar-refractivity contribution < 1.29 is 9.72 Å². The van der Waals surface area contributed by atoms with Gasteiger partial charge in [0, 0.05) is 21.4 Å². The Morgan fingerprint density at radius 2 is 2.15 bits per heavy atom. The molecule has 1 N–H and O–H groups in total. The van der Waals surface area contributed by atoms with Gasteiger partial charge in [0.05, 0.1) is 15.9 Å². The van der Waals surface area contributed by atoms with Crippen molar-refractivity contribution in [1.82, 2.24) is 5.32 Å². The van der Waals surface area contributed by atoms with Gasteiger partial charge in [-0.25, -0.2) is 0 Å². The van der Waals surface area contributed by atoms with Gasteiger partial charge in [-0.2, -0.15) is 0 Å². The summed E-state index contributed by atoms with van der Waals surface area (Å²) in [7, 11) is 0. The third-order valence-electron chi connectivity index (χ3n) is 2.62. The van der Waals surface area contributed by atoms with Crippen LogP contribution in [0, 0.1) is 17.0 Å². The van der Waals surface area contributed by atoms with Gasteiger partial charge in [-0.05, 0) is 47.1 Å². The van der Waals surface area contributed by atoms with Gasteiger partial charge in [-0.1, -0.05) is 0 Å². The van der Waals surface area contributed by atoms with Gasteiger partial charge in [0.1, 0.15) is 0 Å². The number of amides is 1. The Bertz CT molecular complexity index is 669. The summed E-state index contributed by atoms with van der Waals surface area (Å²) in [6.45, 7) is 2.41. The molecule has 2 rings (SSSR count). The fraction of sp³-hybridized carbons (Fsp3) is 0.154. The number of halogens is 1. The first kappa shape index (κ1) is 14.7. The molecule has 0 atom stereocenters. The van der Waals surface area contributed by atoms with Crippen molar-refractivity contribution in [3.05, 3.63) is 60.2 Å². The zero-order valence-corrected chi connectivity index (χ0v) is 13.0. The van der Waals surface area contributed by atoms with Crippen LogP contribution in [0.15, 0.2) is 34.8 Å². The number of nitro benzene ring substituents is 1. The molecule has 1 aromatic heterocycles. The van der Waals surface area contributed by atoms with Crippen molar-refractivity contribution in [1.29, 1.82) is 0 Å². The predicted octanol–water partition coefficient (Wildman–Crippen LogP) is 3.66. The van der Waals surface area contributed by atoms with Crippen LogP contribution in [0.1, 0.15) is 20.1 Å². The molecule has 0 aliphatic heterocycles. The summed E-state index contributed by atoms with van der Waals surface area (Å²) in [6.07, 6.45) is 0. The quantitative estimate of drug-likeness (QED) is 0.672. The lowest BCUT2D eigenvalue weighted by Crippen LogP contribution is -2.22. The molecule has 1 amide bonds. The Morgan fingerprint density at radius 3 is 2.75 bits per heavy atom. The van der Waals surface area contributed by atoms with Gasteiger partial charge < -0.3 is 5.32 Å². The second kappa shape index (κ2) is 6.15. The van der Waals surface area contributed by atoms with Crippen molar-refractivity contribution >= 4 is 38.9 Å². The van der Waals surface area contributed by atoms with Crippen LogP contribution in [0.3, 0.4) is 0 Å². The molecule has 0 saturated carbocycles. The minimum absolute atomic E-state index is 0.121. The molecule has 0 spiro atoms. The maximum absolute atomic E-state index is 12.0. The van der Waals surface area contributed by atoms with E-state index in [4.69, 9.17) is 0 Å². The van der Waals surface area contributed by atoms with Crippen molar-refractivity contribution in [2.24, 2.45) is 0 Å². The van der Waals surface area contributed by atoms with Crippen LogP contribution in [0.2, 0.25) is 0 Å². The monoisotopic (exact) mass is 354 g/mol. The van der Waals surface area contributed by atoms with Crippen LogP contribution in [0.5, 0.6) is 0 Å². The highest BCUT2D eigenvalue weighted by molar-refractivity contribution is 9.10. The molecular weight excluding hydrogens is 344 g/mol. The van der Waals surface area contributed by atoms with Crippen LogP contribution in [-0.2, 0) is 6.54 Å². The van der Waals surface area contributed by atoms with Gasteiger partial charge >= 0.3 is 0 Å². The summed E-state index contributed by atoms with van der Waals surface area (Å²) in [5.74, 6) is -0.327. The average molecular weight is 355 g/mol. The molecule has 104 valence electrons. The molecule has 0 fully saturated rings. The van der Waals surface area contributed by atoms with Crippen LogP contribution in [-0.4, -0.2) is 10.8 Å². The van der Waals surface area contributed by atoms with E-state index in [1.54, 1.807) is 17.4 Å². The third kappa shape index (κ3) is 3.43. The van der Waals surface area contributed by atoms with Gasteiger partial charge in [0.2, 0.25) is 0 Å². The first-order valence-corrected chi connectivity index (χ1v) is 7.36. The lowest BCUT2D eigenvalue weighted by Gasteiger charge is -2.04. The minimum atomic E-state index is -0.524. The number of hydrogen-bond donors (Lipinski definition) is 1. The molecule has 7 heteroatoms. The van der Waals surface area contributed by atoms with Crippen LogP contribution >= 0.6 is 27.3 Å². The second-order valence-corrected chi connectivity index (χ2v) is 6.35. The van der Waals surface area contributed by atoms with Gasteiger partial charge in [0.25, 0.3) is 11.6 Å². The van der Waals surface area contributed by atoms with Crippen molar-refractivity contribution in [2.45, 2.75) is 13.5 Å². The number of benzene rings is 1. The van der Waals surface area contributed by atoms with Crippen LogP contribution in [0.4, 0.5) is 5.69 Å². The van der Waals surface area contributed by atoms with E-state index < -0.39 is 4.92 Å². The van der Waals surface area contributed by atoms with E-state index in [2.05, 4.69) is 21.2 Å². The SMILES string of the molecule is Cc1ccc(CNC(=O)c2ccc(Br)c([N+](=O)[O-])c2)s1. The molecule has 20 heavy (non-hydrogen) atoms. The number of thiophene rings is 1. The highest BCUT2D eigenvalue weighted by Crippen LogP contribution is 2.25. The average Bonchev–Trinajstić information content (AvgIpc) is 2.82. The molecule has 5 nitrogen and oxygen atoms in total. The fourth-order valence-corrected chi connectivity index (χ4v) is 2.86. The Balaban J connectivity index is 2.09. The van der Waals surface area contributed by atoms with Gasteiger partial charge in [-0.3, -0.25) is 14.9 Å². The Kier molecular flexibility index (Phi) is 4.51. The lowest BCUT2D eigenvalue weighted by molar-refractivity contribution is -0.385. The molecular formula is C13H11BrN2O3S. The van der Waals surface area contributed by atoms with Crippen molar-refractivity contribution in [3.8, 4) is 0 Å². The van der Waals surface area contributed by atoms with E-state index >= 15 is 0 Å². The largest absolute Gasteiger partial charge is 0.347 e. The fourth-order valence-electron chi connectivity index (χ4n) is 1.64. The first-order chi connectivity index (χ1) is 9.47. The molecule has 2 aromatic rings. The summed E-state index contributed by atoms with van der Waals surface area (Å²) in [5.41, 5.74) is 0.151. The number of carbonyl (C=O) groups excluding carboxylic acids is 1. The van der Waals surface area contributed by atoms with Gasteiger partial charge in [0.15, 0.2) is 0 Å². The molecule has 0 bridgehead atoms. The van der Waals surface area contributed by atoms with E-state index in [1.807, 2.05) is 19.1 Å². The summed E-state index contributed by atoms with van der Waals surface area (Å²) in [5, 5.41) is 13.6. The molecule has 0 aliphatic rings. The highest BCUT2D eigenvalue weighted by Gasteiger charge is 2.15. The Hall–Kier alpha value is -1.73. The highest BCUT2D eigenvalue weighted by atomic mass is 79.9. The maximum atomic E-state index is 12.0. The summed E-state index contributed by atoms with van der Waals surface area (Å²) < 4.78 is 0.355. The molecule has 0 radical (unpaired) electrons. The third-order valence-corrected chi connectivity index (χ3v) is 4.30. The topological polar surface area (TPSA) is 72.2 Å². The molecule has 1 aromatic carbocycles. The molecule has 0 saturated heterocycles. The molecule has 1 heterocycles. The molecule has 0 unspecified atom stereocenters.